The molecule has 13 nitrogen and oxygen atoms in total. The summed E-state index contributed by atoms with van der Waals surface area (Å²) in [6.45, 7) is 8.55. The van der Waals surface area contributed by atoms with Crippen LogP contribution >= 0.6 is 0 Å². The zero-order valence-electron chi connectivity index (χ0n) is 23.5. The van der Waals surface area contributed by atoms with Gasteiger partial charge in [-0.05, 0) is 43.0 Å². The number of hydrogen-bond donors (Lipinski definition) is 1. The van der Waals surface area contributed by atoms with Gasteiger partial charge in [-0.2, -0.15) is 19.3 Å². The number of aromatic nitrogens is 2. The number of rotatable bonds is 7. The summed E-state index contributed by atoms with van der Waals surface area (Å²) in [6, 6.07) is 3.85. The molecule has 2 aromatic rings. The SMILES string of the molecule is COC(=O)N(C(=O)[N+]1(C(=O)[C@@H](N)C(C)C)CCC[C@H]1C)[C@H](C(=O)c1nn(-c2ccc(C#N)cc2)c(=O)o1)C(C)C. The van der Waals surface area contributed by atoms with Crippen LogP contribution in [0.15, 0.2) is 33.5 Å². The van der Waals surface area contributed by atoms with E-state index in [2.05, 4.69) is 5.10 Å². The molecule has 3 rings (SSSR count). The molecule has 13 heteroatoms. The third kappa shape index (κ3) is 5.32. The van der Waals surface area contributed by atoms with Gasteiger partial charge in [-0.1, -0.05) is 27.7 Å². The number of urea groups is 1. The number of amides is 4. The van der Waals surface area contributed by atoms with Crippen LogP contribution in [-0.4, -0.2) is 74.8 Å². The highest BCUT2D eigenvalue weighted by molar-refractivity contribution is 6.03. The Morgan fingerprint density at radius 1 is 1.18 bits per heavy atom. The molecule has 1 aliphatic rings. The van der Waals surface area contributed by atoms with Gasteiger partial charge in [0.25, 0.3) is 5.89 Å². The molecule has 1 aliphatic heterocycles. The van der Waals surface area contributed by atoms with Crippen LogP contribution in [0.3, 0.4) is 0 Å². The van der Waals surface area contributed by atoms with Crippen molar-refractivity contribution < 1.29 is 32.8 Å². The van der Waals surface area contributed by atoms with Gasteiger partial charge in [0.1, 0.15) is 18.1 Å². The first-order chi connectivity index (χ1) is 18.8. The Morgan fingerprint density at radius 2 is 1.80 bits per heavy atom. The standard InChI is InChI=1S/C27H35N6O7/c1-15(2)20(29)24(35)33(13-7-8-17(33)5)25(36)31(26(37)39-6)21(16(3)4)22(34)23-30-32(27(38)40-23)19-11-9-18(14-28)10-12-19/h9-12,15-17,20-21H,7-8,13,29H2,1-6H3/q+1/t17-,20+,21+,33?/m1/s1. The van der Waals surface area contributed by atoms with Gasteiger partial charge in [0.15, 0.2) is 0 Å². The normalized spacial score (nSPS) is 20.1. The maximum atomic E-state index is 14.3. The van der Waals surface area contributed by atoms with E-state index in [4.69, 9.17) is 20.1 Å². The number of Topliss-reactive ketones (excluding diaryl/α,β-unsaturated/α-hetero) is 1. The minimum absolute atomic E-state index is 0.105. The van der Waals surface area contributed by atoms with Crippen molar-refractivity contribution in [2.24, 2.45) is 17.6 Å². The number of carbonyl (C=O) groups excluding carboxylic acids is 4. The van der Waals surface area contributed by atoms with Crippen LogP contribution in [0.5, 0.6) is 0 Å². The first-order valence-corrected chi connectivity index (χ1v) is 13.1. The lowest BCUT2D eigenvalue weighted by molar-refractivity contribution is -0.788. The highest BCUT2D eigenvalue weighted by atomic mass is 16.5. The van der Waals surface area contributed by atoms with E-state index >= 15 is 0 Å². The minimum Gasteiger partial charge on any atom is -0.452 e. The summed E-state index contributed by atoms with van der Waals surface area (Å²) in [6.07, 6.45) is -0.0853. The van der Waals surface area contributed by atoms with E-state index < -0.39 is 64.0 Å². The average Bonchev–Trinajstić information content (AvgIpc) is 3.52. The number of quaternary nitrogens is 1. The molecule has 0 aliphatic carbocycles. The Balaban J connectivity index is 2.11. The molecular formula is C27H35N6O7+. The van der Waals surface area contributed by atoms with E-state index in [0.717, 1.165) is 11.8 Å². The molecule has 1 aromatic heterocycles. The summed E-state index contributed by atoms with van der Waals surface area (Å²) >= 11 is 0. The molecule has 214 valence electrons. The first-order valence-electron chi connectivity index (χ1n) is 13.1. The maximum Gasteiger partial charge on any atom is 0.442 e. The smallest absolute Gasteiger partial charge is 0.442 e. The predicted octanol–water partition coefficient (Wildman–Crippen LogP) is 2.60. The van der Waals surface area contributed by atoms with E-state index in [1.54, 1.807) is 34.6 Å². The Hall–Kier alpha value is -4.15. The third-order valence-electron chi connectivity index (χ3n) is 7.38. The van der Waals surface area contributed by atoms with Crippen LogP contribution in [0.4, 0.5) is 9.59 Å². The van der Waals surface area contributed by atoms with Crippen molar-refractivity contribution in [3.63, 3.8) is 0 Å². The Bertz CT molecular complexity index is 1390. The summed E-state index contributed by atoms with van der Waals surface area (Å²) in [7, 11) is 1.06. The fourth-order valence-corrected chi connectivity index (χ4v) is 5.00. The van der Waals surface area contributed by atoms with Crippen LogP contribution in [0.1, 0.15) is 63.7 Å². The van der Waals surface area contributed by atoms with Gasteiger partial charge in [-0.3, -0.25) is 4.79 Å². The third-order valence-corrected chi connectivity index (χ3v) is 7.38. The van der Waals surface area contributed by atoms with Crippen molar-refractivity contribution in [2.75, 3.05) is 13.7 Å². The Labute approximate surface area is 231 Å². The second-order valence-corrected chi connectivity index (χ2v) is 10.6. The predicted molar refractivity (Wildman–Crippen MR) is 141 cm³/mol. The van der Waals surface area contributed by atoms with Crippen molar-refractivity contribution in [3.05, 3.63) is 46.3 Å². The zero-order chi connectivity index (χ0) is 29.9. The van der Waals surface area contributed by atoms with Gasteiger partial charge in [0.05, 0.1) is 31.0 Å². The molecule has 4 amide bonds. The number of hydrogen-bond acceptors (Lipinski definition) is 10. The van der Waals surface area contributed by atoms with Crippen LogP contribution in [0.25, 0.3) is 5.69 Å². The summed E-state index contributed by atoms with van der Waals surface area (Å²) in [5, 5.41) is 13.0. The van der Waals surface area contributed by atoms with Gasteiger partial charge >= 0.3 is 23.8 Å². The molecular weight excluding hydrogens is 520 g/mol. The van der Waals surface area contributed by atoms with Gasteiger partial charge in [0.2, 0.25) is 5.78 Å². The Morgan fingerprint density at radius 3 is 2.27 bits per heavy atom. The van der Waals surface area contributed by atoms with Crippen LogP contribution in [0.2, 0.25) is 0 Å². The van der Waals surface area contributed by atoms with Gasteiger partial charge in [-0.25, -0.2) is 19.2 Å². The van der Waals surface area contributed by atoms with Crippen LogP contribution in [-0.2, 0) is 9.53 Å². The van der Waals surface area contributed by atoms with E-state index in [-0.39, 0.29) is 18.2 Å². The Kier molecular flexibility index (Phi) is 9.07. The van der Waals surface area contributed by atoms with E-state index in [1.807, 2.05) is 6.07 Å². The number of benzene rings is 1. The molecule has 0 saturated carbocycles. The number of ketones is 1. The largest absolute Gasteiger partial charge is 0.452 e. The van der Waals surface area contributed by atoms with Crippen molar-refractivity contribution in [3.8, 4) is 11.8 Å². The highest BCUT2D eigenvalue weighted by Gasteiger charge is 2.59. The summed E-state index contributed by atoms with van der Waals surface area (Å²) in [5.41, 5.74) is 6.80. The number of ether oxygens (including phenoxy) is 1. The number of imide groups is 2. The molecule has 40 heavy (non-hydrogen) atoms. The summed E-state index contributed by atoms with van der Waals surface area (Å²) in [4.78, 5) is 68.2. The topological polar surface area (TPSA) is 179 Å². The quantitative estimate of drug-likeness (QED) is 0.394. The van der Waals surface area contributed by atoms with Gasteiger partial charge < -0.3 is 14.9 Å². The molecule has 1 aromatic carbocycles. The van der Waals surface area contributed by atoms with Crippen LogP contribution < -0.4 is 11.5 Å². The second-order valence-electron chi connectivity index (χ2n) is 10.6. The lowest BCUT2D eigenvalue weighted by Gasteiger charge is -2.40. The van der Waals surface area contributed by atoms with E-state index in [0.29, 0.717) is 23.3 Å². The second kappa shape index (κ2) is 11.9. The van der Waals surface area contributed by atoms with Crippen molar-refractivity contribution >= 4 is 23.8 Å². The highest BCUT2D eigenvalue weighted by Crippen LogP contribution is 2.33. The average molecular weight is 556 g/mol. The fourth-order valence-electron chi connectivity index (χ4n) is 5.00. The first kappa shape index (κ1) is 30.4. The molecule has 2 N–H and O–H groups in total. The van der Waals surface area contributed by atoms with E-state index in [1.165, 1.54) is 24.3 Å². The summed E-state index contributed by atoms with van der Waals surface area (Å²) in [5.74, 6) is -4.07. The molecule has 1 fully saturated rings. The molecule has 4 atom stereocenters. The molecule has 1 unspecified atom stereocenters. The number of nitrogens with two attached hydrogens (primary N) is 1. The van der Waals surface area contributed by atoms with Gasteiger partial charge in [-0.15, -0.1) is 5.10 Å². The number of methoxy groups -OCH3 is 1. The van der Waals surface area contributed by atoms with Gasteiger partial charge in [0, 0.05) is 12.8 Å². The summed E-state index contributed by atoms with van der Waals surface area (Å²) < 4.78 is 10.2. The lowest BCUT2D eigenvalue weighted by atomic mass is 9.97. The molecule has 0 spiro atoms. The number of likely N-dealkylation sites (tertiary alicyclic amines) is 1. The zero-order valence-corrected chi connectivity index (χ0v) is 23.5. The fraction of sp³-hybridized carbons (Fsp3) is 0.519. The maximum absolute atomic E-state index is 14.3. The van der Waals surface area contributed by atoms with Crippen molar-refractivity contribution in [2.45, 2.75) is 65.6 Å². The molecule has 1 saturated heterocycles. The number of nitriles is 1. The number of carbonyl (C=O) groups is 4. The molecule has 0 bridgehead atoms. The lowest BCUT2D eigenvalue weighted by Crippen LogP contribution is -2.70. The van der Waals surface area contributed by atoms with Crippen LogP contribution in [0, 0.1) is 23.2 Å². The van der Waals surface area contributed by atoms with Crippen molar-refractivity contribution in [1.82, 2.24) is 14.7 Å². The minimum atomic E-state index is -1.52. The van der Waals surface area contributed by atoms with Crippen molar-refractivity contribution in [1.29, 1.82) is 5.26 Å². The monoisotopic (exact) mass is 555 g/mol. The number of nitrogens with zero attached hydrogens (tertiary/aromatic N) is 5. The molecule has 2 heterocycles. The molecule has 0 radical (unpaired) electrons. The van der Waals surface area contributed by atoms with E-state index in [9.17, 15) is 24.0 Å².